The molecule has 2 aromatic rings. The van der Waals surface area contributed by atoms with Gasteiger partial charge in [-0.25, -0.2) is 9.78 Å². The van der Waals surface area contributed by atoms with Crippen LogP contribution in [0.25, 0.3) is 10.2 Å². The Hall–Kier alpha value is -1.66. The fourth-order valence-corrected chi connectivity index (χ4v) is 2.94. The Morgan fingerprint density at radius 3 is 2.89 bits per heavy atom. The molecule has 1 aliphatic heterocycles. The lowest BCUT2D eigenvalue weighted by Crippen LogP contribution is -2.36. The Morgan fingerprint density at radius 1 is 1.39 bits per heavy atom. The fraction of sp³-hybridized carbons (Fsp3) is 0.333. The Kier molecular flexibility index (Phi) is 2.89. The molecule has 0 bridgehead atoms. The second kappa shape index (κ2) is 4.55. The highest BCUT2D eigenvalue weighted by atomic mass is 32.1. The number of carboxylic acid groups (broad SMARTS) is 1. The summed E-state index contributed by atoms with van der Waals surface area (Å²) in [6.45, 7) is 3.11. The zero-order valence-electron chi connectivity index (χ0n) is 9.63. The van der Waals surface area contributed by atoms with E-state index in [0.29, 0.717) is 0 Å². The maximum atomic E-state index is 10.9. The summed E-state index contributed by atoms with van der Waals surface area (Å²) < 4.78 is 6.32. The van der Waals surface area contributed by atoms with Crippen molar-refractivity contribution in [3.8, 4) is 0 Å². The summed E-state index contributed by atoms with van der Waals surface area (Å²) in [6, 6.07) is 5.06. The summed E-state index contributed by atoms with van der Waals surface area (Å²) in [5.74, 6) is -0.919. The van der Waals surface area contributed by atoms with Gasteiger partial charge in [-0.1, -0.05) is 11.3 Å². The van der Waals surface area contributed by atoms with Crippen LogP contribution in [0.3, 0.4) is 0 Å². The number of nitrogens with zero attached hydrogens (tertiary/aromatic N) is 2. The number of hydrogen-bond donors (Lipinski definition) is 1. The van der Waals surface area contributed by atoms with Crippen LogP contribution in [0.2, 0.25) is 0 Å². The minimum absolute atomic E-state index is 0.279. The fourth-order valence-electron chi connectivity index (χ4n) is 1.94. The second-order valence-corrected chi connectivity index (χ2v) is 5.09. The van der Waals surface area contributed by atoms with Crippen molar-refractivity contribution >= 4 is 32.7 Å². The minimum atomic E-state index is -0.919. The highest BCUT2D eigenvalue weighted by molar-refractivity contribution is 7.22. The van der Waals surface area contributed by atoms with E-state index >= 15 is 0 Å². The smallest absolute Gasteiger partial charge is 0.335 e. The molecule has 0 aliphatic carbocycles. The monoisotopic (exact) mass is 264 g/mol. The van der Waals surface area contributed by atoms with Gasteiger partial charge in [0.05, 0.1) is 29.0 Å². The van der Waals surface area contributed by atoms with Crippen LogP contribution in [0, 0.1) is 0 Å². The Balaban J connectivity index is 1.97. The van der Waals surface area contributed by atoms with Crippen molar-refractivity contribution in [3.05, 3.63) is 23.8 Å². The highest BCUT2D eigenvalue weighted by Crippen LogP contribution is 2.29. The van der Waals surface area contributed by atoms with Crippen LogP contribution in [0.15, 0.2) is 18.2 Å². The van der Waals surface area contributed by atoms with E-state index in [4.69, 9.17) is 9.84 Å². The van der Waals surface area contributed by atoms with Gasteiger partial charge in [0.1, 0.15) is 0 Å². The lowest BCUT2D eigenvalue weighted by atomic mass is 10.2. The first-order valence-corrected chi connectivity index (χ1v) is 6.52. The summed E-state index contributed by atoms with van der Waals surface area (Å²) in [7, 11) is 0. The number of aromatic carboxylic acids is 1. The summed E-state index contributed by atoms with van der Waals surface area (Å²) in [6.07, 6.45) is 0. The number of hydrogen-bond acceptors (Lipinski definition) is 5. The molecule has 1 N–H and O–H groups in total. The summed E-state index contributed by atoms with van der Waals surface area (Å²) in [5, 5.41) is 9.89. The molecule has 2 heterocycles. The number of ether oxygens (including phenoxy) is 1. The lowest BCUT2D eigenvalue weighted by Gasteiger charge is -2.25. The molecule has 0 radical (unpaired) electrons. The largest absolute Gasteiger partial charge is 0.478 e. The Morgan fingerprint density at radius 2 is 2.17 bits per heavy atom. The molecule has 0 atom stereocenters. The number of carboxylic acids is 1. The average Bonchev–Trinajstić information content (AvgIpc) is 2.82. The molecule has 0 unspecified atom stereocenters. The van der Waals surface area contributed by atoms with Gasteiger partial charge in [0.25, 0.3) is 0 Å². The molecular formula is C12H12N2O3S. The Labute approximate surface area is 108 Å². The van der Waals surface area contributed by atoms with Gasteiger partial charge in [0.15, 0.2) is 5.13 Å². The van der Waals surface area contributed by atoms with Crippen molar-refractivity contribution < 1.29 is 14.6 Å². The standard InChI is InChI=1S/C12H12N2O3S/c15-11(16)8-1-2-10-9(7-8)13-12(18-10)14-3-5-17-6-4-14/h1-2,7H,3-6H2,(H,15,16). The van der Waals surface area contributed by atoms with Crippen molar-refractivity contribution in [1.29, 1.82) is 0 Å². The average molecular weight is 264 g/mol. The normalized spacial score (nSPS) is 16.1. The molecule has 1 fully saturated rings. The number of benzene rings is 1. The molecule has 1 aliphatic rings. The van der Waals surface area contributed by atoms with E-state index in [1.54, 1.807) is 23.5 Å². The number of thiazole rings is 1. The van der Waals surface area contributed by atoms with E-state index in [-0.39, 0.29) is 5.56 Å². The predicted molar refractivity (Wildman–Crippen MR) is 69.6 cm³/mol. The van der Waals surface area contributed by atoms with Gasteiger partial charge in [-0.05, 0) is 18.2 Å². The first kappa shape index (κ1) is 11.4. The SMILES string of the molecule is O=C(O)c1ccc2sc(N3CCOCC3)nc2c1. The lowest BCUT2D eigenvalue weighted by molar-refractivity contribution is 0.0697. The van der Waals surface area contributed by atoms with Gasteiger partial charge >= 0.3 is 5.97 Å². The summed E-state index contributed by atoms with van der Waals surface area (Å²) in [4.78, 5) is 17.6. The molecule has 1 aromatic carbocycles. The number of fused-ring (bicyclic) bond motifs is 1. The molecule has 0 saturated carbocycles. The second-order valence-electron chi connectivity index (χ2n) is 4.08. The molecule has 3 rings (SSSR count). The highest BCUT2D eigenvalue weighted by Gasteiger charge is 2.16. The van der Waals surface area contributed by atoms with Gasteiger partial charge < -0.3 is 14.7 Å². The molecule has 6 heteroatoms. The van der Waals surface area contributed by atoms with Crippen molar-refractivity contribution in [2.24, 2.45) is 0 Å². The van der Waals surface area contributed by atoms with Crippen LogP contribution in [-0.2, 0) is 4.74 Å². The van der Waals surface area contributed by atoms with Crippen LogP contribution >= 0.6 is 11.3 Å². The molecule has 5 nitrogen and oxygen atoms in total. The summed E-state index contributed by atoms with van der Waals surface area (Å²) >= 11 is 1.59. The maximum Gasteiger partial charge on any atom is 0.335 e. The third-order valence-electron chi connectivity index (χ3n) is 2.90. The van der Waals surface area contributed by atoms with Gasteiger partial charge in [-0.15, -0.1) is 0 Å². The van der Waals surface area contributed by atoms with E-state index in [2.05, 4.69) is 9.88 Å². The molecule has 18 heavy (non-hydrogen) atoms. The zero-order chi connectivity index (χ0) is 12.5. The zero-order valence-corrected chi connectivity index (χ0v) is 10.4. The summed E-state index contributed by atoms with van der Waals surface area (Å²) in [5.41, 5.74) is 1.03. The number of anilines is 1. The van der Waals surface area contributed by atoms with Crippen LogP contribution in [-0.4, -0.2) is 42.4 Å². The number of morpholine rings is 1. The van der Waals surface area contributed by atoms with Gasteiger partial charge in [-0.2, -0.15) is 0 Å². The van der Waals surface area contributed by atoms with Crippen molar-refractivity contribution in [2.75, 3.05) is 31.2 Å². The van der Waals surface area contributed by atoms with Crippen molar-refractivity contribution in [1.82, 2.24) is 4.98 Å². The van der Waals surface area contributed by atoms with Crippen LogP contribution in [0.1, 0.15) is 10.4 Å². The number of aromatic nitrogens is 1. The molecule has 94 valence electrons. The third-order valence-corrected chi connectivity index (χ3v) is 4.00. The quantitative estimate of drug-likeness (QED) is 0.896. The van der Waals surface area contributed by atoms with Gasteiger partial charge in [0, 0.05) is 13.1 Å². The topological polar surface area (TPSA) is 62.7 Å². The van der Waals surface area contributed by atoms with Crippen LogP contribution in [0.4, 0.5) is 5.13 Å². The predicted octanol–water partition coefficient (Wildman–Crippen LogP) is 1.83. The van der Waals surface area contributed by atoms with E-state index in [0.717, 1.165) is 41.7 Å². The van der Waals surface area contributed by atoms with Crippen molar-refractivity contribution in [2.45, 2.75) is 0 Å². The first-order valence-electron chi connectivity index (χ1n) is 5.70. The molecule has 0 spiro atoms. The molecule has 0 amide bonds. The minimum Gasteiger partial charge on any atom is -0.478 e. The van der Waals surface area contributed by atoms with E-state index in [9.17, 15) is 4.79 Å². The van der Waals surface area contributed by atoms with E-state index in [1.807, 2.05) is 6.07 Å². The van der Waals surface area contributed by atoms with Gasteiger partial charge in [-0.3, -0.25) is 0 Å². The molecule has 1 saturated heterocycles. The Bertz CT molecular complexity index is 590. The maximum absolute atomic E-state index is 10.9. The number of rotatable bonds is 2. The van der Waals surface area contributed by atoms with Crippen molar-refractivity contribution in [3.63, 3.8) is 0 Å². The van der Waals surface area contributed by atoms with Crippen LogP contribution < -0.4 is 4.90 Å². The molecular weight excluding hydrogens is 252 g/mol. The van der Waals surface area contributed by atoms with Gasteiger partial charge in [0.2, 0.25) is 0 Å². The third kappa shape index (κ3) is 2.04. The van der Waals surface area contributed by atoms with E-state index in [1.165, 1.54) is 0 Å². The first-order chi connectivity index (χ1) is 8.74. The van der Waals surface area contributed by atoms with Crippen LogP contribution in [0.5, 0.6) is 0 Å². The number of carbonyl (C=O) groups is 1. The van der Waals surface area contributed by atoms with E-state index < -0.39 is 5.97 Å². The molecule has 1 aromatic heterocycles.